The average molecular weight is 419 g/mol. The molecule has 3 aromatic heterocycles. The molecule has 0 radical (unpaired) electrons. The van der Waals surface area contributed by atoms with Crippen molar-refractivity contribution in [2.45, 2.75) is 25.9 Å². The number of halogens is 1. The number of hydrogen-bond acceptors (Lipinski definition) is 7. The summed E-state index contributed by atoms with van der Waals surface area (Å²) < 4.78 is 22.2. The molecule has 1 aliphatic rings. The summed E-state index contributed by atoms with van der Waals surface area (Å²) in [5.74, 6) is 0.533. The van der Waals surface area contributed by atoms with E-state index >= 15 is 0 Å². The molecule has 158 valence electrons. The van der Waals surface area contributed by atoms with Crippen molar-refractivity contribution in [3.8, 4) is 17.1 Å². The Kier molecular flexibility index (Phi) is 5.17. The first-order valence-corrected chi connectivity index (χ1v) is 10.3. The number of fused-ring (bicyclic) bond motifs is 1. The largest absolute Gasteiger partial charge is 0.489 e. The standard InChI is InChI=1S/C22H22FN7O/c1-2-14-8-15(10-17(9-14)31-16-5-7-24-11-16)28-22-26-12-18(23)21(29-22)19-13-25-20-4-3-6-27-30(19)20/h3-4,6,8-10,12-13,16,24H,2,5,7,11H2,1H3,(H,26,28,29). The van der Waals surface area contributed by atoms with E-state index in [1.807, 2.05) is 18.2 Å². The van der Waals surface area contributed by atoms with Crippen molar-refractivity contribution in [3.63, 3.8) is 0 Å². The molecule has 4 aromatic rings. The van der Waals surface area contributed by atoms with Crippen molar-refractivity contribution in [2.24, 2.45) is 0 Å². The number of anilines is 2. The van der Waals surface area contributed by atoms with E-state index in [4.69, 9.17) is 4.74 Å². The van der Waals surface area contributed by atoms with Crippen LogP contribution < -0.4 is 15.4 Å². The smallest absolute Gasteiger partial charge is 0.227 e. The summed E-state index contributed by atoms with van der Waals surface area (Å²) in [6, 6.07) is 9.55. The summed E-state index contributed by atoms with van der Waals surface area (Å²) >= 11 is 0. The van der Waals surface area contributed by atoms with E-state index in [0.717, 1.165) is 49.1 Å². The van der Waals surface area contributed by atoms with Crippen LogP contribution in [0.25, 0.3) is 17.0 Å². The SMILES string of the molecule is CCc1cc(Nc2ncc(F)c(-c3cnc4cccnn34)n2)cc(OC2CCNC2)c1. The van der Waals surface area contributed by atoms with Gasteiger partial charge in [0.25, 0.3) is 0 Å². The van der Waals surface area contributed by atoms with E-state index in [9.17, 15) is 4.39 Å². The van der Waals surface area contributed by atoms with Crippen LogP contribution in [0.3, 0.4) is 0 Å². The fraction of sp³-hybridized carbons (Fsp3) is 0.273. The Morgan fingerprint density at radius 1 is 1.26 bits per heavy atom. The molecular formula is C22H22FN7O. The Morgan fingerprint density at radius 3 is 3.03 bits per heavy atom. The van der Waals surface area contributed by atoms with E-state index in [-0.39, 0.29) is 17.7 Å². The second-order valence-corrected chi connectivity index (χ2v) is 7.40. The Labute approximate surface area is 178 Å². The van der Waals surface area contributed by atoms with Gasteiger partial charge in [0.05, 0.1) is 12.4 Å². The van der Waals surface area contributed by atoms with E-state index in [0.29, 0.717) is 11.3 Å². The number of ether oxygens (including phenoxy) is 1. The lowest BCUT2D eigenvalue weighted by Crippen LogP contribution is -2.19. The molecule has 31 heavy (non-hydrogen) atoms. The van der Waals surface area contributed by atoms with E-state index in [2.05, 4.69) is 37.6 Å². The summed E-state index contributed by atoms with van der Waals surface area (Å²) in [5.41, 5.74) is 3.11. The summed E-state index contributed by atoms with van der Waals surface area (Å²) in [4.78, 5) is 12.8. The van der Waals surface area contributed by atoms with Gasteiger partial charge in [-0.3, -0.25) is 0 Å². The highest BCUT2D eigenvalue weighted by molar-refractivity contribution is 5.63. The molecule has 1 aromatic carbocycles. The highest BCUT2D eigenvalue weighted by Gasteiger charge is 2.17. The van der Waals surface area contributed by atoms with Crippen LogP contribution in [0.1, 0.15) is 18.9 Å². The zero-order valence-corrected chi connectivity index (χ0v) is 17.0. The van der Waals surface area contributed by atoms with E-state index in [1.165, 1.54) is 0 Å². The molecule has 0 saturated carbocycles. The molecule has 1 atom stereocenters. The molecule has 9 heteroatoms. The summed E-state index contributed by atoms with van der Waals surface area (Å²) in [6.07, 6.45) is 6.33. The number of imidazole rings is 1. The van der Waals surface area contributed by atoms with Crippen molar-refractivity contribution >= 4 is 17.3 Å². The number of hydrogen-bond donors (Lipinski definition) is 2. The molecule has 8 nitrogen and oxygen atoms in total. The van der Waals surface area contributed by atoms with Gasteiger partial charge >= 0.3 is 0 Å². The van der Waals surface area contributed by atoms with Gasteiger partial charge in [-0.15, -0.1) is 0 Å². The molecule has 0 spiro atoms. The first kappa shape index (κ1) is 19.4. The fourth-order valence-corrected chi connectivity index (χ4v) is 3.65. The summed E-state index contributed by atoms with van der Waals surface area (Å²) in [6.45, 7) is 3.90. The van der Waals surface area contributed by atoms with Crippen LogP contribution in [0.2, 0.25) is 0 Å². The van der Waals surface area contributed by atoms with Crippen LogP contribution in [0.4, 0.5) is 16.0 Å². The Hall–Kier alpha value is -3.59. The van der Waals surface area contributed by atoms with Crippen molar-refractivity contribution in [3.05, 3.63) is 60.3 Å². The van der Waals surface area contributed by atoms with Crippen LogP contribution >= 0.6 is 0 Å². The fourth-order valence-electron chi connectivity index (χ4n) is 3.65. The maximum Gasteiger partial charge on any atom is 0.227 e. The van der Waals surface area contributed by atoms with E-state index in [1.54, 1.807) is 29.0 Å². The first-order chi connectivity index (χ1) is 15.2. The molecular weight excluding hydrogens is 397 g/mol. The quantitative estimate of drug-likeness (QED) is 0.495. The topological polar surface area (TPSA) is 89.3 Å². The molecule has 0 amide bonds. The molecule has 1 unspecified atom stereocenters. The van der Waals surface area contributed by atoms with Crippen molar-refractivity contribution in [1.82, 2.24) is 29.9 Å². The summed E-state index contributed by atoms with van der Waals surface area (Å²) in [7, 11) is 0. The average Bonchev–Trinajstić information content (AvgIpc) is 3.45. The van der Waals surface area contributed by atoms with Gasteiger partial charge in [0.1, 0.15) is 23.2 Å². The summed E-state index contributed by atoms with van der Waals surface area (Å²) in [5, 5.41) is 10.7. The maximum atomic E-state index is 14.6. The first-order valence-electron chi connectivity index (χ1n) is 10.3. The van der Waals surface area contributed by atoms with E-state index < -0.39 is 5.82 Å². The number of nitrogens with one attached hydrogen (secondary N) is 2. The molecule has 4 heterocycles. The number of nitrogens with zero attached hydrogens (tertiary/aromatic N) is 5. The molecule has 2 N–H and O–H groups in total. The Bertz CT molecular complexity index is 1220. The highest BCUT2D eigenvalue weighted by atomic mass is 19.1. The Balaban J connectivity index is 1.45. The third-order valence-electron chi connectivity index (χ3n) is 5.21. The van der Waals surface area contributed by atoms with Gasteiger partial charge in [-0.2, -0.15) is 5.10 Å². The molecule has 0 aliphatic carbocycles. The number of aryl methyl sites for hydroxylation is 1. The van der Waals surface area contributed by atoms with Crippen LogP contribution in [0.15, 0.2) is 48.9 Å². The number of benzene rings is 1. The molecule has 0 bridgehead atoms. The van der Waals surface area contributed by atoms with Crippen LogP contribution in [-0.2, 0) is 6.42 Å². The van der Waals surface area contributed by atoms with Gasteiger partial charge < -0.3 is 15.4 Å². The monoisotopic (exact) mass is 419 g/mol. The van der Waals surface area contributed by atoms with Gasteiger partial charge in [0, 0.05) is 24.5 Å². The van der Waals surface area contributed by atoms with Gasteiger partial charge in [-0.1, -0.05) is 6.92 Å². The zero-order valence-electron chi connectivity index (χ0n) is 17.0. The predicted molar refractivity (Wildman–Crippen MR) is 115 cm³/mol. The Morgan fingerprint density at radius 2 is 2.19 bits per heavy atom. The number of aromatic nitrogens is 5. The lowest BCUT2D eigenvalue weighted by molar-refractivity contribution is 0.223. The second-order valence-electron chi connectivity index (χ2n) is 7.40. The van der Waals surface area contributed by atoms with Crippen LogP contribution in [-0.4, -0.2) is 43.8 Å². The van der Waals surface area contributed by atoms with Gasteiger partial charge in [0.2, 0.25) is 5.95 Å². The minimum Gasteiger partial charge on any atom is -0.489 e. The lowest BCUT2D eigenvalue weighted by Gasteiger charge is -2.15. The van der Waals surface area contributed by atoms with Crippen molar-refractivity contribution in [1.29, 1.82) is 0 Å². The molecule has 1 fully saturated rings. The normalized spacial score (nSPS) is 16.0. The van der Waals surface area contributed by atoms with Crippen molar-refractivity contribution in [2.75, 3.05) is 18.4 Å². The van der Waals surface area contributed by atoms with Gasteiger partial charge in [-0.05, 0) is 49.2 Å². The maximum absolute atomic E-state index is 14.6. The van der Waals surface area contributed by atoms with Gasteiger partial charge in [0.15, 0.2) is 11.5 Å². The number of rotatable bonds is 6. The molecule has 1 saturated heterocycles. The lowest BCUT2D eigenvalue weighted by atomic mass is 10.1. The predicted octanol–water partition coefficient (Wildman–Crippen LogP) is 3.37. The third kappa shape index (κ3) is 4.04. The molecule has 1 aliphatic heterocycles. The second kappa shape index (κ2) is 8.27. The highest BCUT2D eigenvalue weighted by Crippen LogP contribution is 2.27. The molecule has 5 rings (SSSR count). The zero-order chi connectivity index (χ0) is 21.2. The van der Waals surface area contributed by atoms with Crippen LogP contribution in [0, 0.1) is 5.82 Å². The van der Waals surface area contributed by atoms with Crippen LogP contribution in [0.5, 0.6) is 5.75 Å². The minimum absolute atomic E-state index is 0.129. The van der Waals surface area contributed by atoms with Crippen molar-refractivity contribution < 1.29 is 9.13 Å². The minimum atomic E-state index is -0.543. The third-order valence-corrected chi connectivity index (χ3v) is 5.21. The van der Waals surface area contributed by atoms with Gasteiger partial charge in [-0.25, -0.2) is 23.9 Å².